The quantitative estimate of drug-likeness (QED) is 0.187. The fourth-order valence-electron chi connectivity index (χ4n) is 4.03. The lowest BCUT2D eigenvalue weighted by Crippen LogP contribution is -2.59. The number of carbonyl (C=O) groups is 4. The van der Waals surface area contributed by atoms with E-state index in [1.807, 2.05) is 34.6 Å². The highest BCUT2D eigenvalue weighted by atomic mass is 16.5. The molecule has 1 aromatic carbocycles. The highest BCUT2D eigenvalue weighted by Gasteiger charge is 2.42. The summed E-state index contributed by atoms with van der Waals surface area (Å²) in [6.07, 6.45) is 0.544. The van der Waals surface area contributed by atoms with E-state index in [2.05, 4.69) is 5.32 Å². The van der Waals surface area contributed by atoms with Crippen LogP contribution in [0, 0.1) is 16.7 Å². The smallest absolute Gasteiger partial charge is 0.371 e. The van der Waals surface area contributed by atoms with Gasteiger partial charge in [-0.25, -0.2) is 4.79 Å². The molecule has 1 saturated heterocycles. The summed E-state index contributed by atoms with van der Waals surface area (Å²) in [5, 5.41) is 10.3. The molecule has 2 unspecified atom stereocenters. The minimum absolute atomic E-state index is 0.0901. The Hall–Kier alpha value is -3.23. The van der Waals surface area contributed by atoms with Crippen LogP contribution in [-0.2, 0) is 19.1 Å². The summed E-state index contributed by atoms with van der Waals surface area (Å²) in [5.74, 6) is -1.74. The van der Waals surface area contributed by atoms with Crippen molar-refractivity contribution in [3.8, 4) is 0 Å². The van der Waals surface area contributed by atoms with Crippen LogP contribution in [0.15, 0.2) is 24.3 Å². The van der Waals surface area contributed by atoms with E-state index >= 15 is 0 Å². The molecule has 4 N–H and O–H groups in total. The van der Waals surface area contributed by atoms with E-state index in [0.717, 1.165) is 0 Å². The number of rotatable bonds is 7. The van der Waals surface area contributed by atoms with Crippen molar-refractivity contribution in [2.75, 3.05) is 6.54 Å². The van der Waals surface area contributed by atoms with Crippen molar-refractivity contribution >= 4 is 29.9 Å². The molecule has 2 rings (SSSR count). The van der Waals surface area contributed by atoms with Crippen LogP contribution >= 0.6 is 0 Å². The summed E-state index contributed by atoms with van der Waals surface area (Å²) in [7, 11) is 0. The summed E-state index contributed by atoms with van der Waals surface area (Å²) in [6.45, 7) is 10.1. The zero-order chi connectivity index (χ0) is 24.9. The van der Waals surface area contributed by atoms with Crippen LogP contribution in [0.5, 0.6) is 0 Å². The number of nitrogens with one attached hydrogen (secondary N) is 2. The van der Waals surface area contributed by atoms with E-state index in [9.17, 15) is 19.2 Å². The minimum atomic E-state index is -0.907. The van der Waals surface area contributed by atoms with Gasteiger partial charge in [0.15, 0.2) is 0 Å². The van der Waals surface area contributed by atoms with Gasteiger partial charge < -0.3 is 20.7 Å². The first kappa shape index (κ1) is 26.0. The molecule has 9 heteroatoms. The van der Waals surface area contributed by atoms with Crippen molar-refractivity contribution in [3.05, 3.63) is 35.4 Å². The van der Waals surface area contributed by atoms with Crippen LogP contribution in [0.3, 0.4) is 0 Å². The number of ether oxygens (including phenoxy) is 1. The Morgan fingerprint density at radius 1 is 1.18 bits per heavy atom. The summed E-state index contributed by atoms with van der Waals surface area (Å²) in [6, 6.07) is 5.33. The molecular formula is C24H34N4O5. The Kier molecular flexibility index (Phi) is 8.35. The molecule has 1 aromatic rings. The highest BCUT2D eigenvalue weighted by molar-refractivity contribution is 6.20. The predicted octanol–water partition coefficient (Wildman–Crippen LogP) is 1.87. The number of benzene rings is 1. The molecule has 3 atom stereocenters. The van der Waals surface area contributed by atoms with E-state index in [0.29, 0.717) is 30.5 Å². The summed E-state index contributed by atoms with van der Waals surface area (Å²) >= 11 is 0. The molecule has 0 spiro atoms. The molecule has 1 aliphatic rings. The number of nitrogens with two attached hydrogens (primary N) is 1. The fraction of sp³-hybridized carbons (Fsp3) is 0.542. The number of nitrogens with zero attached hydrogens (tertiary/aromatic N) is 1. The standard InChI is InChI=1S/C24H34N4O5/c1-14(2)20(27-22(31)16-8-6-15(7-9-16)21(25)26)23(32)28-11-10-17(33-19(30)13-29)12-18(28)24(3,4)5/h6-9,13-14,17-18,20H,10-12H2,1-5H3,(H3,25,26)(H,27,31)/t17?,18?,20-/m0/s1. The predicted molar refractivity (Wildman–Crippen MR) is 124 cm³/mol. The van der Waals surface area contributed by atoms with Gasteiger partial charge in [0.25, 0.3) is 5.91 Å². The van der Waals surface area contributed by atoms with Crippen LogP contribution in [-0.4, -0.2) is 59.5 Å². The Morgan fingerprint density at radius 2 is 1.76 bits per heavy atom. The normalized spacial score (nSPS) is 19.5. The SMILES string of the molecule is CC(C)[C@H](NC(=O)c1ccc(C(=N)N)cc1)C(=O)N1CCC(OC(=O)C=O)CC1C(C)(C)C. The van der Waals surface area contributed by atoms with Crippen LogP contribution in [0.4, 0.5) is 0 Å². The van der Waals surface area contributed by atoms with E-state index in [1.165, 1.54) is 0 Å². The third-order valence-corrected chi connectivity index (χ3v) is 5.89. The van der Waals surface area contributed by atoms with E-state index < -0.39 is 18.1 Å². The third kappa shape index (κ3) is 6.63. The molecule has 33 heavy (non-hydrogen) atoms. The maximum absolute atomic E-state index is 13.6. The van der Waals surface area contributed by atoms with Crippen molar-refractivity contribution in [1.82, 2.24) is 10.2 Å². The van der Waals surface area contributed by atoms with Gasteiger partial charge in [-0.2, -0.15) is 0 Å². The van der Waals surface area contributed by atoms with Crippen LogP contribution in [0.2, 0.25) is 0 Å². The maximum atomic E-state index is 13.6. The van der Waals surface area contributed by atoms with Crippen molar-refractivity contribution < 1.29 is 23.9 Å². The lowest BCUT2D eigenvalue weighted by atomic mass is 9.79. The molecule has 1 fully saturated rings. The second kappa shape index (κ2) is 10.6. The fourth-order valence-corrected chi connectivity index (χ4v) is 4.03. The van der Waals surface area contributed by atoms with Crippen molar-refractivity contribution in [1.29, 1.82) is 5.41 Å². The first-order chi connectivity index (χ1) is 15.3. The number of carbonyl (C=O) groups excluding carboxylic acids is 4. The Bertz CT molecular complexity index is 904. The first-order valence-corrected chi connectivity index (χ1v) is 11.1. The molecule has 1 heterocycles. The largest absolute Gasteiger partial charge is 0.457 e. The maximum Gasteiger partial charge on any atom is 0.371 e. The summed E-state index contributed by atoms with van der Waals surface area (Å²) in [4.78, 5) is 50.3. The molecular weight excluding hydrogens is 424 g/mol. The van der Waals surface area contributed by atoms with E-state index in [-0.39, 0.29) is 41.3 Å². The van der Waals surface area contributed by atoms with Crippen molar-refractivity contribution in [3.63, 3.8) is 0 Å². The number of hydrogen-bond acceptors (Lipinski definition) is 6. The van der Waals surface area contributed by atoms with Gasteiger partial charge in [-0.15, -0.1) is 0 Å². The van der Waals surface area contributed by atoms with Crippen LogP contribution < -0.4 is 11.1 Å². The second-order valence-corrected chi connectivity index (χ2v) is 9.80. The van der Waals surface area contributed by atoms with Crippen LogP contribution in [0.1, 0.15) is 63.4 Å². The zero-order valence-corrected chi connectivity index (χ0v) is 19.9. The van der Waals surface area contributed by atoms with E-state index in [1.54, 1.807) is 29.2 Å². The van der Waals surface area contributed by atoms with Gasteiger partial charge >= 0.3 is 5.97 Å². The molecule has 9 nitrogen and oxygen atoms in total. The number of hydrogen-bond donors (Lipinski definition) is 3. The van der Waals surface area contributed by atoms with E-state index in [4.69, 9.17) is 15.9 Å². The zero-order valence-electron chi connectivity index (χ0n) is 19.9. The molecule has 0 aliphatic carbocycles. The Balaban J connectivity index is 2.20. The summed E-state index contributed by atoms with van der Waals surface area (Å²) in [5.41, 5.74) is 6.03. The number of piperidine rings is 1. The average molecular weight is 459 g/mol. The minimum Gasteiger partial charge on any atom is -0.457 e. The molecule has 0 saturated carbocycles. The molecule has 0 radical (unpaired) electrons. The number of amides is 2. The monoisotopic (exact) mass is 458 g/mol. The molecule has 1 aliphatic heterocycles. The molecule has 2 amide bonds. The number of nitrogen functional groups attached to an aromatic ring is 1. The average Bonchev–Trinajstić information content (AvgIpc) is 2.75. The number of aldehydes is 1. The van der Waals surface area contributed by atoms with Crippen molar-refractivity contribution in [2.24, 2.45) is 17.1 Å². The van der Waals surface area contributed by atoms with Gasteiger partial charge in [-0.3, -0.25) is 19.8 Å². The third-order valence-electron chi connectivity index (χ3n) is 5.89. The number of amidine groups is 1. The van der Waals surface area contributed by atoms with Gasteiger partial charge in [0.2, 0.25) is 12.2 Å². The van der Waals surface area contributed by atoms with Gasteiger partial charge in [0.1, 0.15) is 18.0 Å². The Labute approximate surface area is 194 Å². The number of esters is 1. The highest BCUT2D eigenvalue weighted by Crippen LogP contribution is 2.34. The molecule has 0 bridgehead atoms. The summed E-state index contributed by atoms with van der Waals surface area (Å²) < 4.78 is 5.21. The van der Waals surface area contributed by atoms with Gasteiger partial charge in [-0.1, -0.05) is 46.8 Å². The van der Waals surface area contributed by atoms with Crippen molar-refractivity contribution in [2.45, 2.75) is 65.6 Å². The van der Waals surface area contributed by atoms with Gasteiger partial charge in [-0.05, 0) is 23.5 Å². The molecule has 0 aromatic heterocycles. The van der Waals surface area contributed by atoms with Gasteiger partial charge in [0.05, 0.1) is 0 Å². The molecule has 180 valence electrons. The second-order valence-electron chi connectivity index (χ2n) is 9.80. The first-order valence-electron chi connectivity index (χ1n) is 11.1. The lowest BCUT2D eigenvalue weighted by Gasteiger charge is -2.47. The number of likely N-dealkylation sites (tertiary alicyclic amines) is 1. The Morgan fingerprint density at radius 3 is 2.24 bits per heavy atom. The lowest BCUT2D eigenvalue weighted by molar-refractivity contribution is -0.159. The van der Waals surface area contributed by atoms with Crippen LogP contribution in [0.25, 0.3) is 0 Å². The van der Waals surface area contributed by atoms with Gasteiger partial charge in [0, 0.05) is 36.6 Å². The topological polar surface area (TPSA) is 143 Å².